The third-order valence-corrected chi connectivity index (χ3v) is 9.06. The summed E-state index contributed by atoms with van der Waals surface area (Å²) in [5.74, 6) is 0.928. The first kappa shape index (κ1) is 23.2. The van der Waals surface area contributed by atoms with Gasteiger partial charge in [0.1, 0.15) is 11.5 Å². The topological polar surface area (TPSA) is 12.5 Å². The van der Waals surface area contributed by atoms with Crippen LogP contribution in [-0.2, 0) is 37.3 Å². The number of alkyl halides is 3. The van der Waals surface area contributed by atoms with Crippen LogP contribution in [0.15, 0.2) is 60.7 Å². The standard InChI is InChI=1S/C33H27BF3NO/c1-32(2,3)22-9-11-29-26(15-22)34-25-13-20-6-7-21(20)14-27(25)38(24-10-8-18-4-5-19(18)12-24)28-16-23(33(35,36)37)17-30(39-29)31(28)34/h8-17H,4-7H2,1-3H3. The van der Waals surface area contributed by atoms with Crippen LogP contribution in [-0.4, -0.2) is 6.71 Å². The normalized spacial score (nSPS) is 16.2. The van der Waals surface area contributed by atoms with Gasteiger partial charge in [-0.2, -0.15) is 13.2 Å². The molecule has 4 aliphatic rings. The van der Waals surface area contributed by atoms with Crippen molar-refractivity contribution in [1.82, 2.24) is 0 Å². The van der Waals surface area contributed by atoms with Crippen LogP contribution >= 0.6 is 0 Å². The molecule has 2 heterocycles. The van der Waals surface area contributed by atoms with Crippen LogP contribution in [0.1, 0.15) is 54.2 Å². The largest absolute Gasteiger partial charge is 0.458 e. The molecule has 0 spiro atoms. The van der Waals surface area contributed by atoms with Crippen molar-refractivity contribution in [3.05, 3.63) is 94.0 Å². The van der Waals surface area contributed by atoms with E-state index in [4.69, 9.17) is 4.74 Å². The fourth-order valence-electron chi connectivity index (χ4n) is 6.67. The van der Waals surface area contributed by atoms with Gasteiger partial charge in [0.2, 0.25) is 0 Å². The summed E-state index contributed by atoms with van der Waals surface area (Å²) in [6, 6.07) is 19.6. The molecule has 0 radical (unpaired) electrons. The molecule has 0 atom stereocenters. The first-order valence-corrected chi connectivity index (χ1v) is 13.7. The van der Waals surface area contributed by atoms with Gasteiger partial charge in [-0.3, -0.25) is 0 Å². The van der Waals surface area contributed by atoms with Crippen LogP contribution in [0.3, 0.4) is 0 Å². The van der Waals surface area contributed by atoms with Gasteiger partial charge < -0.3 is 9.64 Å². The molecule has 0 unspecified atom stereocenters. The number of ether oxygens (including phenoxy) is 1. The van der Waals surface area contributed by atoms with Crippen LogP contribution in [0.2, 0.25) is 0 Å². The smallest absolute Gasteiger partial charge is 0.416 e. The monoisotopic (exact) mass is 521 g/mol. The fraction of sp³-hybridized carbons (Fsp3) is 0.273. The zero-order chi connectivity index (χ0) is 26.8. The van der Waals surface area contributed by atoms with Crippen LogP contribution in [0, 0.1) is 0 Å². The van der Waals surface area contributed by atoms with E-state index in [0.717, 1.165) is 53.4 Å². The van der Waals surface area contributed by atoms with Crippen molar-refractivity contribution in [1.29, 1.82) is 0 Å². The van der Waals surface area contributed by atoms with Gasteiger partial charge in [-0.15, -0.1) is 0 Å². The number of halogens is 3. The second-order valence-corrected chi connectivity index (χ2v) is 12.4. The minimum Gasteiger partial charge on any atom is -0.458 e. The first-order chi connectivity index (χ1) is 18.6. The summed E-state index contributed by atoms with van der Waals surface area (Å²) in [5, 5.41) is 0. The van der Waals surface area contributed by atoms with Crippen LogP contribution in [0.25, 0.3) is 0 Å². The summed E-state index contributed by atoms with van der Waals surface area (Å²) in [7, 11) is 0. The Hall–Kier alpha value is -3.67. The number of fused-ring (bicyclic) bond motifs is 6. The molecule has 0 bridgehead atoms. The van der Waals surface area contributed by atoms with E-state index in [2.05, 4.69) is 62.1 Å². The molecule has 0 amide bonds. The Morgan fingerprint density at radius 1 is 0.667 bits per heavy atom. The third kappa shape index (κ3) is 3.30. The van der Waals surface area contributed by atoms with Crippen molar-refractivity contribution in [3.8, 4) is 11.5 Å². The predicted octanol–water partition coefficient (Wildman–Crippen LogP) is 6.61. The maximum Gasteiger partial charge on any atom is 0.416 e. The van der Waals surface area contributed by atoms with Gasteiger partial charge in [-0.05, 0) is 112 Å². The van der Waals surface area contributed by atoms with Gasteiger partial charge in [0, 0.05) is 17.1 Å². The maximum atomic E-state index is 14.3. The SMILES string of the molecule is CC(C)(C)c1ccc2c(c1)B1c3cc4c(cc3N(c3ccc5c(c3)CC5)c3cc(C(F)(F)F)cc(c31)O2)CC4. The molecule has 194 valence electrons. The average Bonchev–Trinajstić information content (AvgIpc) is 2.84. The number of anilines is 3. The Morgan fingerprint density at radius 3 is 2.05 bits per heavy atom. The highest BCUT2D eigenvalue weighted by molar-refractivity contribution is 6.99. The molecule has 2 aliphatic heterocycles. The molecular formula is C33H27BF3NO. The Bertz CT molecular complexity index is 1730. The predicted molar refractivity (Wildman–Crippen MR) is 151 cm³/mol. The Labute approximate surface area is 226 Å². The van der Waals surface area contributed by atoms with E-state index in [9.17, 15) is 13.2 Å². The molecule has 8 rings (SSSR count). The first-order valence-electron chi connectivity index (χ1n) is 13.7. The van der Waals surface area contributed by atoms with Gasteiger partial charge in [0.05, 0.1) is 5.56 Å². The molecule has 2 aliphatic carbocycles. The maximum absolute atomic E-state index is 14.3. The lowest BCUT2D eigenvalue weighted by Gasteiger charge is -2.42. The molecule has 2 nitrogen and oxygen atoms in total. The summed E-state index contributed by atoms with van der Waals surface area (Å²) >= 11 is 0. The van der Waals surface area contributed by atoms with Gasteiger partial charge in [0.25, 0.3) is 6.71 Å². The molecular weight excluding hydrogens is 494 g/mol. The minimum absolute atomic E-state index is 0.0752. The van der Waals surface area contributed by atoms with Gasteiger partial charge in [-0.1, -0.05) is 45.0 Å². The summed E-state index contributed by atoms with van der Waals surface area (Å²) in [6.07, 6.45) is -0.398. The lowest BCUT2D eigenvalue weighted by Crippen LogP contribution is -2.60. The Morgan fingerprint density at radius 2 is 1.38 bits per heavy atom. The number of rotatable bonds is 1. The molecule has 6 heteroatoms. The second-order valence-electron chi connectivity index (χ2n) is 12.4. The van der Waals surface area contributed by atoms with Crippen molar-refractivity contribution < 1.29 is 17.9 Å². The molecule has 0 fully saturated rings. The average molecular weight is 521 g/mol. The highest BCUT2D eigenvalue weighted by Gasteiger charge is 2.45. The summed E-state index contributed by atoms with van der Waals surface area (Å²) in [5.41, 5.74) is 11.1. The summed E-state index contributed by atoms with van der Waals surface area (Å²) < 4.78 is 49.1. The number of hydrogen-bond acceptors (Lipinski definition) is 2. The van der Waals surface area contributed by atoms with Gasteiger partial charge in [-0.25, -0.2) is 0 Å². The summed E-state index contributed by atoms with van der Waals surface area (Å²) in [4.78, 5) is 2.05. The van der Waals surface area contributed by atoms with Crippen LogP contribution < -0.4 is 26.0 Å². The van der Waals surface area contributed by atoms with E-state index in [-0.39, 0.29) is 12.1 Å². The fourth-order valence-corrected chi connectivity index (χ4v) is 6.67. The number of aryl methyl sites for hydroxylation is 4. The number of hydrogen-bond donors (Lipinski definition) is 0. The molecule has 4 aromatic carbocycles. The van der Waals surface area contributed by atoms with E-state index in [1.165, 1.54) is 39.9 Å². The number of nitrogens with zero attached hydrogens (tertiary/aromatic N) is 1. The quantitative estimate of drug-likeness (QED) is 0.226. The van der Waals surface area contributed by atoms with Crippen molar-refractivity contribution in [3.63, 3.8) is 0 Å². The van der Waals surface area contributed by atoms with Crippen LogP contribution in [0.5, 0.6) is 11.5 Å². The van der Waals surface area contributed by atoms with Gasteiger partial charge >= 0.3 is 6.18 Å². The lowest BCUT2D eigenvalue weighted by molar-refractivity contribution is -0.137. The van der Waals surface area contributed by atoms with Crippen molar-refractivity contribution in [2.24, 2.45) is 0 Å². The zero-order valence-corrected chi connectivity index (χ0v) is 22.2. The molecule has 0 aromatic heterocycles. The van der Waals surface area contributed by atoms with E-state index in [0.29, 0.717) is 17.2 Å². The van der Waals surface area contributed by atoms with Crippen molar-refractivity contribution in [2.45, 2.75) is 58.0 Å². The van der Waals surface area contributed by atoms with Crippen molar-refractivity contribution >= 4 is 40.2 Å². The van der Waals surface area contributed by atoms with Gasteiger partial charge in [0.15, 0.2) is 0 Å². The summed E-state index contributed by atoms with van der Waals surface area (Å²) in [6.45, 7) is 6.33. The van der Waals surface area contributed by atoms with E-state index in [1.807, 2.05) is 12.1 Å². The molecule has 39 heavy (non-hydrogen) atoms. The van der Waals surface area contributed by atoms with E-state index < -0.39 is 11.7 Å². The highest BCUT2D eigenvalue weighted by atomic mass is 19.4. The third-order valence-electron chi connectivity index (χ3n) is 9.06. The van der Waals surface area contributed by atoms with Crippen molar-refractivity contribution in [2.75, 3.05) is 4.90 Å². The Kier molecular flexibility index (Phi) is 4.47. The highest BCUT2D eigenvalue weighted by Crippen LogP contribution is 2.46. The molecule has 4 aromatic rings. The minimum atomic E-state index is -4.49. The zero-order valence-electron chi connectivity index (χ0n) is 22.2. The number of benzene rings is 4. The molecule has 0 saturated carbocycles. The molecule has 0 saturated heterocycles. The second kappa shape index (κ2) is 7.50. The Balaban J connectivity index is 1.45. The van der Waals surface area contributed by atoms with E-state index in [1.54, 1.807) is 0 Å². The molecule has 0 N–H and O–H groups in total. The van der Waals surface area contributed by atoms with E-state index >= 15 is 0 Å². The lowest BCUT2D eigenvalue weighted by atomic mass is 9.33. The van der Waals surface area contributed by atoms with Crippen LogP contribution in [0.4, 0.5) is 30.2 Å².